The number of carbonyl (C=O) groups excluding carboxylic acids is 1. The van der Waals surface area contributed by atoms with Crippen LogP contribution >= 0.6 is 23.1 Å². The van der Waals surface area contributed by atoms with Crippen LogP contribution in [-0.2, 0) is 4.79 Å². The highest BCUT2D eigenvalue weighted by molar-refractivity contribution is 7.99. The number of hydrogen-bond donors (Lipinski definition) is 0. The van der Waals surface area contributed by atoms with Gasteiger partial charge in [-0.05, 0) is 60.9 Å². The van der Waals surface area contributed by atoms with Gasteiger partial charge in [-0.25, -0.2) is 9.37 Å². The van der Waals surface area contributed by atoms with Gasteiger partial charge in [-0.15, -0.1) is 11.3 Å². The molecule has 1 saturated heterocycles. The Labute approximate surface area is 176 Å². The summed E-state index contributed by atoms with van der Waals surface area (Å²) < 4.78 is 15.8. The van der Waals surface area contributed by atoms with Gasteiger partial charge in [0.25, 0.3) is 5.56 Å². The Morgan fingerprint density at radius 1 is 1.31 bits per heavy atom. The van der Waals surface area contributed by atoms with Gasteiger partial charge in [-0.1, -0.05) is 18.7 Å². The van der Waals surface area contributed by atoms with Crippen molar-refractivity contribution in [3.8, 4) is 5.69 Å². The molecule has 1 aliphatic rings. The Hall–Kier alpha value is -2.19. The van der Waals surface area contributed by atoms with Gasteiger partial charge in [0.15, 0.2) is 5.16 Å². The summed E-state index contributed by atoms with van der Waals surface area (Å²) in [6.07, 6.45) is 2.05. The number of carbonyl (C=O) groups is 1. The Bertz CT molecular complexity index is 1120. The Balaban J connectivity index is 1.66. The molecule has 2 aromatic heterocycles. The number of thiophene rings is 1. The van der Waals surface area contributed by atoms with Gasteiger partial charge in [0.2, 0.25) is 5.91 Å². The van der Waals surface area contributed by atoms with Crippen molar-refractivity contribution < 1.29 is 9.18 Å². The minimum atomic E-state index is -0.323. The molecule has 0 bridgehead atoms. The fraction of sp³-hybridized carbons (Fsp3) is 0.381. The zero-order chi connectivity index (χ0) is 20.5. The van der Waals surface area contributed by atoms with E-state index in [-0.39, 0.29) is 23.0 Å². The van der Waals surface area contributed by atoms with Crippen molar-refractivity contribution in [3.05, 3.63) is 51.4 Å². The molecule has 1 aromatic carbocycles. The summed E-state index contributed by atoms with van der Waals surface area (Å²) in [4.78, 5) is 32.3. The third-order valence-corrected chi connectivity index (χ3v) is 7.12. The summed E-state index contributed by atoms with van der Waals surface area (Å²) in [7, 11) is 0. The molecule has 5 nitrogen and oxygen atoms in total. The molecule has 0 unspecified atom stereocenters. The maximum absolute atomic E-state index is 13.7. The number of piperidine rings is 1. The number of aryl methyl sites for hydroxylation is 1. The topological polar surface area (TPSA) is 55.2 Å². The van der Waals surface area contributed by atoms with Crippen LogP contribution in [0, 0.1) is 18.7 Å². The average molecular weight is 432 g/mol. The van der Waals surface area contributed by atoms with Gasteiger partial charge in [0.1, 0.15) is 10.5 Å². The molecule has 8 heteroatoms. The molecule has 0 N–H and O–H groups in total. The second kappa shape index (κ2) is 8.28. The summed E-state index contributed by atoms with van der Waals surface area (Å²) in [5.74, 6) is 0.608. The number of aromatic nitrogens is 2. The predicted molar refractivity (Wildman–Crippen MR) is 116 cm³/mol. The first kappa shape index (κ1) is 20.1. The normalized spacial score (nSPS) is 15.2. The maximum atomic E-state index is 13.7. The van der Waals surface area contributed by atoms with Crippen molar-refractivity contribution in [2.45, 2.75) is 31.8 Å². The molecule has 0 radical (unpaired) electrons. The molecule has 3 heterocycles. The molecular formula is C21H22FN3O2S2. The largest absolute Gasteiger partial charge is 0.342 e. The third kappa shape index (κ3) is 4.09. The van der Waals surface area contributed by atoms with Gasteiger partial charge in [-0.2, -0.15) is 0 Å². The molecular weight excluding hydrogens is 409 g/mol. The van der Waals surface area contributed by atoms with E-state index in [1.807, 2.05) is 10.3 Å². The van der Waals surface area contributed by atoms with Crippen LogP contribution in [0.2, 0.25) is 0 Å². The molecule has 0 aliphatic carbocycles. The lowest BCUT2D eigenvalue weighted by atomic mass is 9.99. The number of rotatable bonds is 4. The van der Waals surface area contributed by atoms with Crippen LogP contribution in [0.5, 0.6) is 0 Å². The van der Waals surface area contributed by atoms with E-state index in [4.69, 9.17) is 0 Å². The van der Waals surface area contributed by atoms with Crippen molar-refractivity contribution >= 4 is 39.2 Å². The van der Waals surface area contributed by atoms with Crippen LogP contribution in [0.25, 0.3) is 15.9 Å². The summed E-state index contributed by atoms with van der Waals surface area (Å²) in [5.41, 5.74) is 1.43. The molecule has 3 aromatic rings. The molecule has 4 rings (SSSR count). The quantitative estimate of drug-likeness (QED) is 0.458. The number of thioether (sulfide) groups is 1. The van der Waals surface area contributed by atoms with Gasteiger partial charge < -0.3 is 4.90 Å². The van der Waals surface area contributed by atoms with E-state index in [1.54, 1.807) is 25.1 Å². The summed E-state index contributed by atoms with van der Waals surface area (Å²) in [6, 6.07) is 6.36. The maximum Gasteiger partial charge on any atom is 0.276 e. The highest BCUT2D eigenvalue weighted by Gasteiger charge is 2.22. The van der Waals surface area contributed by atoms with E-state index in [9.17, 15) is 14.0 Å². The fourth-order valence-corrected chi connectivity index (χ4v) is 5.14. The van der Waals surface area contributed by atoms with Crippen molar-refractivity contribution in [2.24, 2.45) is 5.92 Å². The van der Waals surface area contributed by atoms with Crippen LogP contribution in [0.1, 0.15) is 25.3 Å². The molecule has 1 amide bonds. The van der Waals surface area contributed by atoms with Crippen molar-refractivity contribution in [2.75, 3.05) is 18.8 Å². The minimum Gasteiger partial charge on any atom is -0.342 e. The zero-order valence-corrected chi connectivity index (χ0v) is 18.0. The smallest absolute Gasteiger partial charge is 0.276 e. The first-order valence-corrected chi connectivity index (χ1v) is 11.5. The van der Waals surface area contributed by atoms with E-state index < -0.39 is 0 Å². The van der Waals surface area contributed by atoms with Crippen molar-refractivity contribution in [1.29, 1.82) is 0 Å². The molecule has 1 aliphatic heterocycles. The number of benzene rings is 1. The third-order valence-electron chi connectivity index (χ3n) is 5.31. The standard InChI is InChI=1S/C21H22FN3O2S2/c1-13-5-8-24(9-6-13)18(26)12-29-21-23-17-7-10-28-19(17)20(27)25(21)15-3-4-16(22)14(2)11-15/h3-4,7,10-11,13H,5-6,8-9,12H2,1-2H3. The van der Waals surface area contributed by atoms with Gasteiger partial charge in [0.05, 0.1) is 17.0 Å². The van der Waals surface area contributed by atoms with Crippen molar-refractivity contribution in [3.63, 3.8) is 0 Å². The van der Waals surface area contributed by atoms with Crippen LogP contribution in [0.4, 0.5) is 4.39 Å². The predicted octanol–water partition coefficient (Wildman–Crippen LogP) is 4.25. The van der Waals surface area contributed by atoms with E-state index in [0.29, 0.717) is 32.5 Å². The first-order valence-electron chi connectivity index (χ1n) is 9.61. The van der Waals surface area contributed by atoms with E-state index >= 15 is 0 Å². The van der Waals surface area contributed by atoms with Crippen molar-refractivity contribution in [1.82, 2.24) is 14.5 Å². The molecule has 0 saturated carbocycles. The monoisotopic (exact) mass is 431 g/mol. The second-order valence-corrected chi connectivity index (χ2v) is 9.31. The second-order valence-electron chi connectivity index (χ2n) is 7.46. The van der Waals surface area contributed by atoms with Gasteiger partial charge in [-0.3, -0.25) is 14.2 Å². The summed E-state index contributed by atoms with van der Waals surface area (Å²) >= 11 is 2.59. The number of likely N-dealkylation sites (tertiary alicyclic amines) is 1. The summed E-state index contributed by atoms with van der Waals surface area (Å²) in [5, 5.41) is 2.28. The first-order chi connectivity index (χ1) is 13.9. The lowest BCUT2D eigenvalue weighted by Crippen LogP contribution is -2.39. The lowest BCUT2D eigenvalue weighted by molar-refractivity contribution is -0.129. The number of hydrogen-bond acceptors (Lipinski definition) is 5. The number of amides is 1. The van der Waals surface area contributed by atoms with E-state index in [1.165, 1.54) is 33.7 Å². The van der Waals surface area contributed by atoms with Crippen LogP contribution in [-0.4, -0.2) is 39.2 Å². The SMILES string of the molecule is Cc1cc(-n2c(SCC(=O)N3CCC(C)CC3)nc3ccsc3c2=O)ccc1F. The Morgan fingerprint density at radius 2 is 2.07 bits per heavy atom. The average Bonchev–Trinajstić information content (AvgIpc) is 3.18. The Morgan fingerprint density at radius 3 is 2.79 bits per heavy atom. The molecule has 0 spiro atoms. The zero-order valence-electron chi connectivity index (χ0n) is 16.4. The fourth-order valence-electron chi connectivity index (χ4n) is 3.46. The molecule has 152 valence electrons. The van der Waals surface area contributed by atoms with Gasteiger partial charge in [0, 0.05) is 13.1 Å². The number of fused-ring (bicyclic) bond motifs is 1. The van der Waals surface area contributed by atoms with E-state index in [0.717, 1.165) is 25.9 Å². The summed E-state index contributed by atoms with van der Waals surface area (Å²) in [6.45, 7) is 5.43. The molecule has 1 fully saturated rings. The molecule has 0 atom stereocenters. The van der Waals surface area contributed by atoms with E-state index in [2.05, 4.69) is 11.9 Å². The number of nitrogens with zero attached hydrogens (tertiary/aromatic N) is 3. The van der Waals surface area contributed by atoms with Gasteiger partial charge >= 0.3 is 0 Å². The highest BCUT2D eigenvalue weighted by Crippen LogP contribution is 2.25. The van der Waals surface area contributed by atoms with Crippen LogP contribution < -0.4 is 5.56 Å². The van der Waals surface area contributed by atoms with Crippen LogP contribution in [0.15, 0.2) is 39.6 Å². The molecule has 29 heavy (non-hydrogen) atoms. The number of halogens is 1. The Kier molecular flexibility index (Phi) is 5.74. The van der Waals surface area contributed by atoms with Crippen LogP contribution in [0.3, 0.4) is 0 Å². The lowest BCUT2D eigenvalue weighted by Gasteiger charge is -2.30. The minimum absolute atomic E-state index is 0.0587. The highest BCUT2D eigenvalue weighted by atomic mass is 32.2.